The standard InChI is InChI=1S/C11H20O2/c1-4-10(11(12)8(2)3)13-9-6-5-7-9/h8-10H,4-7H2,1-3H3/t10-/m1/s1. The van der Waals surface area contributed by atoms with Gasteiger partial charge in [-0.2, -0.15) is 0 Å². The van der Waals surface area contributed by atoms with Gasteiger partial charge >= 0.3 is 0 Å². The summed E-state index contributed by atoms with van der Waals surface area (Å²) >= 11 is 0. The molecule has 1 atom stereocenters. The van der Waals surface area contributed by atoms with Crippen molar-refractivity contribution < 1.29 is 9.53 Å². The molecule has 0 amide bonds. The molecule has 0 aromatic heterocycles. The van der Waals surface area contributed by atoms with Gasteiger partial charge in [-0.25, -0.2) is 0 Å². The first kappa shape index (κ1) is 10.7. The first-order valence-electron chi connectivity index (χ1n) is 5.34. The van der Waals surface area contributed by atoms with E-state index in [0.717, 1.165) is 19.3 Å². The Kier molecular flexibility index (Phi) is 3.91. The fourth-order valence-electron chi connectivity index (χ4n) is 1.48. The summed E-state index contributed by atoms with van der Waals surface area (Å²) < 4.78 is 5.71. The molecule has 1 aliphatic rings. The zero-order valence-corrected chi connectivity index (χ0v) is 8.88. The second kappa shape index (κ2) is 4.75. The van der Waals surface area contributed by atoms with Crippen LogP contribution in [0.3, 0.4) is 0 Å². The lowest BCUT2D eigenvalue weighted by atomic mass is 9.95. The number of hydrogen-bond acceptors (Lipinski definition) is 2. The van der Waals surface area contributed by atoms with Crippen LogP contribution >= 0.6 is 0 Å². The lowest BCUT2D eigenvalue weighted by Gasteiger charge is -2.30. The van der Waals surface area contributed by atoms with Crippen molar-refractivity contribution in [1.29, 1.82) is 0 Å². The maximum atomic E-state index is 11.6. The van der Waals surface area contributed by atoms with Crippen LogP contribution in [0.4, 0.5) is 0 Å². The van der Waals surface area contributed by atoms with E-state index in [4.69, 9.17) is 4.74 Å². The lowest BCUT2D eigenvalue weighted by Crippen LogP contribution is -2.34. The highest BCUT2D eigenvalue weighted by Gasteiger charge is 2.26. The van der Waals surface area contributed by atoms with Gasteiger partial charge in [0.2, 0.25) is 0 Å². The Morgan fingerprint density at radius 2 is 2.08 bits per heavy atom. The van der Waals surface area contributed by atoms with Gasteiger partial charge in [-0.3, -0.25) is 4.79 Å². The third-order valence-corrected chi connectivity index (χ3v) is 2.67. The van der Waals surface area contributed by atoms with Gasteiger partial charge in [-0.1, -0.05) is 20.8 Å². The van der Waals surface area contributed by atoms with Gasteiger partial charge in [0.15, 0.2) is 5.78 Å². The van der Waals surface area contributed by atoms with Crippen LogP contribution < -0.4 is 0 Å². The number of rotatable bonds is 5. The van der Waals surface area contributed by atoms with E-state index in [1.807, 2.05) is 20.8 Å². The van der Waals surface area contributed by atoms with Crippen molar-refractivity contribution in [2.75, 3.05) is 0 Å². The minimum Gasteiger partial charge on any atom is -0.367 e. The fraction of sp³-hybridized carbons (Fsp3) is 0.909. The van der Waals surface area contributed by atoms with Crippen LogP contribution in [0.5, 0.6) is 0 Å². The van der Waals surface area contributed by atoms with E-state index in [2.05, 4.69) is 0 Å². The van der Waals surface area contributed by atoms with Crippen LogP contribution in [-0.2, 0) is 9.53 Å². The molecule has 2 nitrogen and oxygen atoms in total. The van der Waals surface area contributed by atoms with Gasteiger partial charge < -0.3 is 4.74 Å². The van der Waals surface area contributed by atoms with Gasteiger partial charge in [0.1, 0.15) is 6.10 Å². The Hall–Kier alpha value is -0.370. The van der Waals surface area contributed by atoms with Crippen LogP contribution in [0.2, 0.25) is 0 Å². The van der Waals surface area contributed by atoms with Crippen LogP contribution in [0, 0.1) is 5.92 Å². The van der Waals surface area contributed by atoms with E-state index in [1.165, 1.54) is 6.42 Å². The normalized spacial score (nSPS) is 20.0. The van der Waals surface area contributed by atoms with Gasteiger partial charge in [-0.15, -0.1) is 0 Å². The summed E-state index contributed by atoms with van der Waals surface area (Å²) in [5.41, 5.74) is 0. The highest BCUT2D eigenvalue weighted by Crippen LogP contribution is 2.24. The Balaban J connectivity index is 2.36. The molecule has 0 saturated heterocycles. The molecule has 0 spiro atoms. The molecular formula is C11H20O2. The zero-order valence-electron chi connectivity index (χ0n) is 8.88. The number of carbonyl (C=O) groups excluding carboxylic acids is 1. The van der Waals surface area contributed by atoms with Crippen molar-refractivity contribution >= 4 is 5.78 Å². The van der Waals surface area contributed by atoms with E-state index in [9.17, 15) is 4.79 Å². The quantitative estimate of drug-likeness (QED) is 0.656. The van der Waals surface area contributed by atoms with E-state index in [-0.39, 0.29) is 17.8 Å². The molecule has 76 valence electrons. The third-order valence-electron chi connectivity index (χ3n) is 2.67. The first-order chi connectivity index (χ1) is 6.15. The minimum atomic E-state index is -0.148. The van der Waals surface area contributed by atoms with E-state index in [1.54, 1.807) is 0 Å². The molecule has 0 aromatic rings. The van der Waals surface area contributed by atoms with Crippen molar-refractivity contribution in [2.45, 2.75) is 58.7 Å². The van der Waals surface area contributed by atoms with Crippen molar-refractivity contribution in [3.05, 3.63) is 0 Å². The maximum absolute atomic E-state index is 11.6. The summed E-state index contributed by atoms with van der Waals surface area (Å²) in [5.74, 6) is 0.361. The molecule has 1 rings (SSSR count). The highest BCUT2D eigenvalue weighted by molar-refractivity contribution is 5.84. The van der Waals surface area contributed by atoms with Crippen molar-refractivity contribution in [3.8, 4) is 0 Å². The molecule has 0 radical (unpaired) electrons. The Bertz CT molecular complexity index is 171. The van der Waals surface area contributed by atoms with Crippen molar-refractivity contribution in [1.82, 2.24) is 0 Å². The average Bonchev–Trinajstić information content (AvgIpc) is 2.02. The van der Waals surface area contributed by atoms with Crippen LogP contribution in [-0.4, -0.2) is 18.0 Å². The second-order valence-corrected chi connectivity index (χ2v) is 4.14. The average molecular weight is 184 g/mol. The molecule has 2 heteroatoms. The van der Waals surface area contributed by atoms with E-state index >= 15 is 0 Å². The predicted octanol–water partition coefficient (Wildman–Crippen LogP) is 2.56. The largest absolute Gasteiger partial charge is 0.367 e. The summed E-state index contributed by atoms with van der Waals surface area (Å²) in [7, 11) is 0. The summed E-state index contributed by atoms with van der Waals surface area (Å²) in [6.07, 6.45) is 4.58. The molecule has 1 fully saturated rings. The number of ketones is 1. The van der Waals surface area contributed by atoms with E-state index < -0.39 is 0 Å². The molecule has 13 heavy (non-hydrogen) atoms. The number of Topliss-reactive ketones (excluding diaryl/α,β-unsaturated/α-hetero) is 1. The third kappa shape index (κ3) is 2.80. The first-order valence-corrected chi connectivity index (χ1v) is 5.34. The molecule has 1 aliphatic carbocycles. The van der Waals surface area contributed by atoms with E-state index in [0.29, 0.717) is 6.10 Å². The van der Waals surface area contributed by atoms with Crippen LogP contribution in [0.1, 0.15) is 46.5 Å². The second-order valence-electron chi connectivity index (χ2n) is 4.14. The Labute approximate surface area is 80.7 Å². The number of hydrogen-bond donors (Lipinski definition) is 0. The molecule has 0 aliphatic heterocycles. The topological polar surface area (TPSA) is 26.3 Å². The smallest absolute Gasteiger partial charge is 0.164 e. The predicted molar refractivity (Wildman–Crippen MR) is 52.6 cm³/mol. The van der Waals surface area contributed by atoms with Gasteiger partial charge in [0, 0.05) is 5.92 Å². The number of carbonyl (C=O) groups is 1. The zero-order chi connectivity index (χ0) is 9.84. The van der Waals surface area contributed by atoms with Crippen molar-refractivity contribution in [3.63, 3.8) is 0 Å². The fourth-order valence-corrected chi connectivity index (χ4v) is 1.48. The van der Waals surface area contributed by atoms with Gasteiger partial charge in [0.25, 0.3) is 0 Å². The van der Waals surface area contributed by atoms with Crippen LogP contribution in [0.25, 0.3) is 0 Å². The van der Waals surface area contributed by atoms with Crippen molar-refractivity contribution in [2.24, 2.45) is 5.92 Å². The monoisotopic (exact) mass is 184 g/mol. The summed E-state index contributed by atoms with van der Waals surface area (Å²) in [6.45, 7) is 5.90. The lowest BCUT2D eigenvalue weighted by molar-refractivity contribution is -0.141. The molecular weight excluding hydrogens is 164 g/mol. The number of ether oxygens (including phenoxy) is 1. The molecule has 0 unspecified atom stereocenters. The van der Waals surface area contributed by atoms with Gasteiger partial charge in [-0.05, 0) is 25.7 Å². The SMILES string of the molecule is CC[C@@H](OC1CCC1)C(=O)C(C)C. The molecule has 0 bridgehead atoms. The molecule has 1 saturated carbocycles. The Morgan fingerprint density at radius 3 is 2.38 bits per heavy atom. The highest BCUT2D eigenvalue weighted by atomic mass is 16.5. The maximum Gasteiger partial charge on any atom is 0.164 e. The molecule has 0 heterocycles. The minimum absolute atomic E-state index is 0.102. The molecule has 0 N–H and O–H groups in total. The van der Waals surface area contributed by atoms with Crippen LogP contribution in [0.15, 0.2) is 0 Å². The molecule has 0 aromatic carbocycles. The summed E-state index contributed by atoms with van der Waals surface area (Å²) in [4.78, 5) is 11.6. The Morgan fingerprint density at radius 1 is 1.46 bits per heavy atom. The summed E-state index contributed by atoms with van der Waals surface area (Å²) in [5, 5.41) is 0. The van der Waals surface area contributed by atoms with Gasteiger partial charge in [0.05, 0.1) is 6.10 Å². The summed E-state index contributed by atoms with van der Waals surface area (Å²) in [6, 6.07) is 0.